The topological polar surface area (TPSA) is 102 Å². The lowest BCUT2D eigenvalue weighted by atomic mass is 10.3. The van der Waals surface area contributed by atoms with Crippen LogP contribution in [0.15, 0.2) is 23.1 Å². The highest BCUT2D eigenvalue weighted by molar-refractivity contribution is 7.89. The first-order valence-electron chi connectivity index (χ1n) is 6.42. The molecule has 1 atom stereocenters. The van der Waals surface area contributed by atoms with Crippen molar-refractivity contribution in [1.82, 2.24) is 4.31 Å². The van der Waals surface area contributed by atoms with Crippen molar-refractivity contribution in [3.8, 4) is 5.75 Å². The van der Waals surface area contributed by atoms with E-state index in [1.54, 1.807) is 6.92 Å². The zero-order valence-electron chi connectivity index (χ0n) is 12.4. The maximum absolute atomic E-state index is 12.7. The van der Waals surface area contributed by atoms with E-state index in [9.17, 15) is 13.5 Å². The number of aromatic hydroxyl groups is 1. The molecular weight excluding hydrogens is 296 g/mol. The summed E-state index contributed by atoms with van der Waals surface area (Å²) >= 11 is 0. The van der Waals surface area contributed by atoms with Gasteiger partial charge in [-0.2, -0.15) is 4.31 Å². The van der Waals surface area contributed by atoms with E-state index in [0.717, 1.165) is 0 Å². The first kappa shape index (κ1) is 17.7. The van der Waals surface area contributed by atoms with Gasteiger partial charge in [0, 0.05) is 26.8 Å². The lowest BCUT2D eigenvalue weighted by molar-refractivity contribution is 0.119. The minimum Gasteiger partial charge on any atom is -0.506 e. The highest BCUT2D eigenvalue weighted by Gasteiger charge is 2.29. The molecule has 1 rings (SSSR count). The molecule has 7 nitrogen and oxygen atoms in total. The molecule has 0 fully saturated rings. The largest absolute Gasteiger partial charge is 0.506 e. The Kier molecular flexibility index (Phi) is 6.41. The summed E-state index contributed by atoms with van der Waals surface area (Å²) in [5, 5.41) is 9.41. The zero-order valence-corrected chi connectivity index (χ0v) is 13.3. The van der Waals surface area contributed by atoms with E-state index in [1.165, 1.54) is 36.7 Å². The van der Waals surface area contributed by atoms with Crippen LogP contribution in [0, 0.1) is 0 Å². The van der Waals surface area contributed by atoms with Gasteiger partial charge in [0.25, 0.3) is 0 Å². The smallest absolute Gasteiger partial charge is 0.243 e. The van der Waals surface area contributed by atoms with Crippen molar-refractivity contribution >= 4 is 15.7 Å². The van der Waals surface area contributed by atoms with Crippen molar-refractivity contribution in [3.63, 3.8) is 0 Å². The third-order valence-corrected chi connectivity index (χ3v) is 5.03. The number of rotatable bonds is 8. The molecule has 0 radical (unpaired) electrons. The van der Waals surface area contributed by atoms with Gasteiger partial charge in [-0.25, -0.2) is 8.42 Å². The number of phenolic OH excluding ortho intramolecular Hbond substituents is 1. The summed E-state index contributed by atoms with van der Waals surface area (Å²) in [6.45, 7) is 2.47. The SMILES string of the molecule is COCCN(C(C)COC)S(=O)(=O)c1ccc(O)c(N)c1. The molecule has 3 N–H and O–H groups in total. The lowest BCUT2D eigenvalue weighted by Gasteiger charge is -2.27. The van der Waals surface area contributed by atoms with Crippen LogP contribution in [0.4, 0.5) is 5.69 Å². The Hall–Kier alpha value is -1.35. The first-order chi connectivity index (χ1) is 9.84. The molecule has 1 aromatic carbocycles. The molecule has 0 aliphatic carbocycles. The number of hydrogen-bond donors (Lipinski definition) is 2. The fraction of sp³-hybridized carbons (Fsp3) is 0.538. The van der Waals surface area contributed by atoms with Crippen LogP contribution in [0.3, 0.4) is 0 Å². The summed E-state index contributed by atoms with van der Waals surface area (Å²) in [4.78, 5) is 0.0249. The Balaban J connectivity index is 3.15. The Morgan fingerprint density at radius 2 is 2.00 bits per heavy atom. The molecule has 0 saturated carbocycles. The molecule has 0 aromatic heterocycles. The van der Waals surface area contributed by atoms with Gasteiger partial charge >= 0.3 is 0 Å². The summed E-state index contributed by atoms with van der Waals surface area (Å²) in [5.41, 5.74) is 5.59. The molecule has 0 saturated heterocycles. The molecule has 0 aliphatic heterocycles. The van der Waals surface area contributed by atoms with Gasteiger partial charge < -0.3 is 20.3 Å². The van der Waals surface area contributed by atoms with Gasteiger partial charge in [0.15, 0.2) is 0 Å². The quantitative estimate of drug-likeness (QED) is 0.539. The Bertz CT molecular complexity index is 562. The number of nitrogens with zero attached hydrogens (tertiary/aromatic N) is 1. The average molecular weight is 318 g/mol. The van der Waals surface area contributed by atoms with Crippen LogP contribution in [0.5, 0.6) is 5.75 Å². The van der Waals surface area contributed by atoms with Crippen molar-refractivity contribution in [1.29, 1.82) is 0 Å². The number of methoxy groups -OCH3 is 2. The van der Waals surface area contributed by atoms with Crippen molar-refractivity contribution in [2.45, 2.75) is 17.9 Å². The second kappa shape index (κ2) is 7.60. The van der Waals surface area contributed by atoms with Crippen LogP contribution in [0.2, 0.25) is 0 Å². The van der Waals surface area contributed by atoms with Crippen molar-refractivity contribution in [3.05, 3.63) is 18.2 Å². The molecule has 0 spiro atoms. The summed E-state index contributed by atoms with van der Waals surface area (Å²) < 4.78 is 36.7. The van der Waals surface area contributed by atoms with E-state index >= 15 is 0 Å². The first-order valence-corrected chi connectivity index (χ1v) is 7.86. The minimum atomic E-state index is -3.75. The highest BCUT2D eigenvalue weighted by Crippen LogP contribution is 2.26. The van der Waals surface area contributed by atoms with Gasteiger partial charge in [-0.3, -0.25) is 0 Å². The van der Waals surface area contributed by atoms with E-state index in [4.69, 9.17) is 15.2 Å². The summed E-state index contributed by atoms with van der Waals surface area (Å²) in [6, 6.07) is 3.47. The molecule has 0 amide bonds. The van der Waals surface area contributed by atoms with Crippen molar-refractivity contribution < 1.29 is 23.0 Å². The number of nitrogen functional groups attached to an aromatic ring is 1. The van der Waals surface area contributed by atoms with E-state index in [-0.39, 0.29) is 42.1 Å². The van der Waals surface area contributed by atoms with Crippen LogP contribution in [0.25, 0.3) is 0 Å². The zero-order chi connectivity index (χ0) is 16.0. The monoisotopic (exact) mass is 318 g/mol. The van der Waals surface area contributed by atoms with Gasteiger partial charge in [-0.05, 0) is 25.1 Å². The molecule has 0 aliphatic rings. The minimum absolute atomic E-state index is 0.0159. The molecule has 1 aromatic rings. The Morgan fingerprint density at radius 3 is 2.52 bits per heavy atom. The molecule has 8 heteroatoms. The second-order valence-corrected chi connectivity index (χ2v) is 6.52. The maximum Gasteiger partial charge on any atom is 0.243 e. The number of nitrogens with two attached hydrogens (primary N) is 1. The van der Waals surface area contributed by atoms with Crippen LogP contribution >= 0.6 is 0 Å². The van der Waals surface area contributed by atoms with Gasteiger partial charge in [0.05, 0.1) is 23.8 Å². The van der Waals surface area contributed by atoms with E-state index in [1.807, 2.05) is 0 Å². The number of hydrogen-bond acceptors (Lipinski definition) is 6. The molecule has 1 unspecified atom stereocenters. The van der Waals surface area contributed by atoms with Crippen molar-refractivity contribution in [2.75, 3.05) is 39.7 Å². The highest BCUT2D eigenvalue weighted by atomic mass is 32.2. The number of phenols is 1. The second-order valence-electron chi connectivity index (χ2n) is 4.63. The van der Waals surface area contributed by atoms with Crippen molar-refractivity contribution in [2.24, 2.45) is 0 Å². The molecule has 120 valence electrons. The van der Waals surface area contributed by atoms with Gasteiger partial charge in [-0.15, -0.1) is 0 Å². The van der Waals surface area contributed by atoms with Gasteiger partial charge in [-0.1, -0.05) is 0 Å². The molecule has 21 heavy (non-hydrogen) atoms. The molecule has 0 heterocycles. The van der Waals surface area contributed by atoms with Crippen LogP contribution in [-0.4, -0.2) is 57.8 Å². The predicted octanol–water partition coefficient (Wildman–Crippen LogP) is 0.646. The summed E-state index contributed by atoms with van der Waals surface area (Å²) in [6.07, 6.45) is 0. The number of sulfonamides is 1. The third-order valence-electron chi connectivity index (χ3n) is 3.02. The van der Waals surface area contributed by atoms with E-state index in [0.29, 0.717) is 0 Å². The number of ether oxygens (including phenoxy) is 2. The summed E-state index contributed by atoms with van der Waals surface area (Å²) in [5.74, 6) is -0.151. The number of anilines is 1. The Labute approximate surface area is 125 Å². The average Bonchev–Trinajstić information content (AvgIpc) is 2.42. The van der Waals surface area contributed by atoms with Gasteiger partial charge in [0.1, 0.15) is 5.75 Å². The predicted molar refractivity (Wildman–Crippen MR) is 79.6 cm³/mol. The van der Waals surface area contributed by atoms with Gasteiger partial charge in [0.2, 0.25) is 10.0 Å². The fourth-order valence-electron chi connectivity index (χ4n) is 1.91. The maximum atomic E-state index is 12.7. The van der Waals surface area contributed by atoms with E-state index < -0.39 is 10.0 Å². The van der Waals surface area contributed by atoms with Crippen LogP contribution in [-0.2, 0) is 19.5 Å². The summed E-state index contributed by atoms with van der Waals surface area (Å²) in [7, 11) is -0.737. The number of benzene rings is 1. The van der Waals surface area contributed by atoms with Crippen LogP contribution in [0.1, 0.15) is 6.92 Å². The fourth-order valence-corrected chi connectivity index (χ4v) is 3.55. The third kappa shape index (κ3) is 4.31. The molecular formula is C13H22N2O5S. The molecule has 0 bridgehead atoms. The lowest BCUT2D eigenvalue weighted by Crippen LogP contribution is -2.42. The Morgan fingerprint density at radius 1 is 1.33 bits per heavy atom. The standard InChI is InChI=1S/C13H22N2O5S/c1-10(9-20-3)15(6-7-19-2)21(17,18)11-4-5-13(16)12(14)8-11/h4-5,8,10,16H,6-7,9,14H2,1-3H3. The normalized spacial score (nSPS) is 13.5. The van der Waals surface area contributed by atoms with Crippen LogP contribution < -0.4 is 5.73 Å². The van der Waals surface area contributed by atoms with E-state index in [2.05, 4.69) is 0 Å².